The van der Waals surface area contributed by atoms with E-state index in [1.54, 1.807) is 6.07 Å². The lowest BCUT2D eigenvalue weighted by atomic mass is 10.2. The number of nitro benzene ring substituents is 1. The van der Waals surface area contributed by atoms with E-state index in [1.807, 2.05) is 0 Å². The quantitative estimate of drug-likeness (QED) is 0.676. The maximum Gasteiger partial charge on any atom is 0.335 e. The lowest BCUT2D eigenvalue weighted by Crippen LogP contribution is -1.96. The Labute approximate surface area is 121 Å². The molecule has 0 atom stereocenters. The zero-order valence-electron chi connectivity index (χ0n) is 9.95. The fourth-order valence-corrected chi connectivity index (χ4v) is 1.83. The minimum Gasteiger partial charge on any atom is -0.478 e. The molecule has 1 N–H and O–H groups in total. The summed E-state index contributed by atoms with van der Waals surface area (Å²) in [6.07, 6.45) is 0. The van der Waals surface area contributed by atoms with Gasteiger partial charge in [-0.15, -0.1) is 0 Å². The Hall–Kier alpha value is -2.41. The van der Waals surface area contributed by atoms with Crippen LogP contribution in [0.2, 0.25) is 0 Å². The molecule has 6 nitrogen and oxygen atoms in total. The molecule has 102 valence electrons. The van der Waals surface area contributed by atoms with Crippen LogP contribution in [0.1, 0.15) is 10.4 Å². The van der Waals surface area contributed by atoms with Crippen LogP contribution in [0.15, 0.2) is 46.9 Å². The number of carboxylic acid groups (broad SMARTS) is 1. The summed E-state index contributed by atoms with van der Waals surface area (Å²) in [5.41, 5.74) is -0.0401. The van der Waals surface area contributed by atoms with Crippen molar-refractivity contribution in [2.45, 2.75) is 0 Å². The maximum absolute atomic E-state index is 10.9. The number of nitrogens with zero attached hydrogens (tertiary/aromatic N) is 1. The van der Waals surface area contributed by atoms with Crippen molar-refractivity contribution in [3.8, 4) is 11.5 Å². The fourth-order valence-electron chi connectivity index (χ4n) is 1.50. The zero-order chi connectivity index (χ0) is 14.7. The summed E-state index contributed by atoms with van der Waals surface area (Å²) in [4.78, 5) is 21.0. The first-order chi connectivity index (χ1) is 9.47. The molecule has 0 aliphatic carbocycles. The minimum atomic E-state index is -1.08. The van der Waals surface area contributed by atoms with Crippen molar-refractivity contribution in [3.63, 3.8) is 0 Å². The van der Waals surface area contributed by atoms with Gasteiger partial charge in [0.25, 0.3) is 5.69 Å². The van der Waals surface area contributed by atoms with E-state index < -0.39 is 10.9 Å². The van der Waals surface area contributed by atoms with Crippen LogP contribution in [0.3, 0.4) is 0 Å². The molecule has 7 heteroatoms. The van der Waals surface area contributed by atoms with E-state index in [1.165, 1.54) is 36.4 Å². The fraction of sp³-hybridized carbons (Fsp3) is 0. The van der Waals surface area contributed by atoms with Gasteiger partial charge < -0.3 is 9.84 Å². The van der Waals surface area contributed by atoms with Gasteiger partial charge in [-0.1, -0.05) is 6.07 Å². The molecule has 2 rings (SSSR count). The molecule has 2 aromatic rings. The Morgan fingerprint density at radius 1 is 1.25 bits per heavy atom. The number of benzene rings is 2. The molecule has 2 aromatic carbocycles. The highest BCUT2D eigenvalue weighted by Crippen LogP contribution is 2.33. The standard InChI is InChI=1S/C13H8BrNO5/c14-11-5-4-9(15(18)19)7-12(11)20-10-3-1-2-8(6-10)13(16)17/h1-7H,(H,16,17). The summed E-state index contributed by atoms with van der Waals surface area (Å²) in [5, 5.41) is 19.6. The summed E-state index contributed by atoms with van der Waals surface area (Å²) in [6.45, 7) is 0. The van der Waals surface area contributed by atoms with Gasteiger partial charge in [0.2, 0.25) is 0 Å². The third kappa shape index (κ3) is 3.12. The van der Waals surface area contributed by atoms with E-state index in [0.29, 0.717) is 4.47 Å². The first kappa shape index (κ1) is 14.0. The van der Waals surface area contributed by atoms with Crippen molar-refractivity contribution in [2.75, 3.05) is 0 Å². The predicted octanol–water partition coefficient (Wildman–Crippen LogP) is 3.85. The lowest BCUT2D eigenvalue weighted by Gasteiger charge is -2.08. The number of carbonyl (C=O) groups is 1. The van der Waals surface area contributed by atoms with Crippen LogP contribution in [0, 0.1) is 10.1 Å². The van der Waals surface area contributed by atoms with E-state index in [4.69, 9.17) is 9.84 Å². The Kier molecular flexibility index (Phi) is 3.99. The van der Waals surface area contributed by atoms with Gasteiger partial charge in [0, 0.05) is 6.07 Å². The second-order valence-corrected chi connectivity index (χ2v) is 4.66. The van der Waals surface area contributed by atoms with E-state index in [9.17, 15) is 14.9 Å². The molecule has 0 radical (unpaired) electrons. The van der Waals surface area contributed by atoms with Crippen molar-refractivity contribution < 1.29 is 19.6 Å². The number of carboxylic acids is 1. The van der Waals surface area contributed by atoms with Crippen LogP contribution in [-0.2, 0) is 0 Å². The molecule has 0 heterocycles. The number of hydrogen-bond donors (Lipinski definition) is 1. The van der Waals surface area contributed by atoms with Gasteiger partial charge in [0.15, 0.2) is 0 Å². The van der Waals surface area contributed by atoms with Gasteiger partial charge in [-0.2, -0.15) is 0 Å². The molecular formula is C13H8BrNO5. The van der Waals surface area contributed by atoms with Gasteiger partial charge in [-0.05, 0) is 40.2 Å². The second-order valence-electron chi connectivity index (χ2n) is 3.81. The molecule has 0 unspecified atom stereocenters. The first-order valence-corrected chi connectivity index (χ1v) is 6.22. The largest absolute Gasteiger partial charge is 0.478 e. The van der Waals surface area contributed by atoms with E-state index >= 15 is 0 Å². The van der Waals surface area contributed by atoms with Crippen molar-refractivity contribution in [1.29, 1.82) is 0 Å². The van der Waals surface area contributed by atoms with Gasteiger partial charge >= 0.3 is 5.97 Å². The molecule has 0 spiro atoms. The molecule has 0 fully saturated rings. The Morgan fingerprint density at radius 2 is 2.00 bits per heavy atom. The van der Waals surface area contributed by atoms with E-state index in [0.717, 1.165) is 0 Å². The minimum absolute atomic E-state index is 0.0732. The smallest absolute Gasteiger partial charge is 0.335 e. The third-order valence-electron chi connectivity index (χ3n) is 2.43. The zero-order valence-corrected chi connectivity index (χ0v) is 11.5. The molecule has 20 heavy (non-hydrogen) atoms. The first-order valence-electron chi connectivity index (χ1n) is 5.42. The van der Waals surface area contributed by atoms with Crippen LogP contribution in [0.4, 0.5) is 5.69 Å². The number of rotatable bonds is 4. The van der Waals surface area contributed by atoms with Crippen molar-refractivity contribution in [2.24, 2.45) is 0 Å². The predicted molar refractivity (Wildman–Crippen MR) is 74.3 cm³/mol. The monoisotopic (exact) mass is 337 g/mol. The van der Waals surface area contributed by atoms with Crippen LogP contribution in [0.5, 0.6) is 11.5 Å². The molecule has 0 saturated carbocycles. The average Bonchev–Trinajstić information content (AvgIpc) is 2.41. The summed E-state index contributed by atoms with van der Waals surface area (Å²) >= 11 is 3.22. The number of hydrogen-bond acceptors (Lipinski definition) is 4. The lowest BCUT2D eigenvalue weighted by molar-refractivity contribution is -0.384. The number of halogens is 1. The Morgan fingerprint density at radius 3 is 2.65 bits per heavy atom. The number of ether oxygens (including phenoxy) is 1. The molecule has 0 bridgehead atoms. The van der Waals surface area contributed by atoms with Crippen LogP contribution in [-0.4, -0.2) is 16.0 Å². The normalized spacial score (nSPS) is 10.1. The molecule has 0 aliphatic rings. The Bertz CT molecular complexity index is 686. The number of aromatic carboxylic acids is 1. The summed E-state index contributed by atoms with van der Waals surface area (Å²) in [7, 11) is 0. The highest BCUT2D eigenvalue weighted by atomic mass is 79.9. The van der Waals surface area contributed by atoms with Crippen LogP contribution >= 0.6 is 15.9 Å². The van der Waals surface area contributed by atoms with Gasteiger partial charge in [-0.3, -0.25) is 10.1 Å². The van der Waals surface area contributed by atoms with Crippen LogP contribution < -0.4 is 4.74 Å². The Balaban J connectivity index is 2.34. The molecule has 0 aliphatic heterocycles. The van der Waals surface area contributed by atoms with Crippen molar-refractivity contribution in [1.82, 2.24) is 0 Å². The summed E-state index contributed by atoms with van der Waals surface area (Å²) in [5.74, 6) is -0.554. The SMILES string of the molecule is O=C(O)c1cccc(Oc2cc([N+](=O)[O-])ccc2Br)c1. The van der Waals surface area contributed by atoms with Gasteiger partial charge in [0.05, 0.1) is 21.0 Å². The molecule has 0 amide bonds. The molecule has 0 saturated heterocycles. The second kappa shape index (κ2) is 5.70. The number of nitro groups is 1. The van der Waals surface area contributed by atoms with E-state index in [2.05, 4.69) is 15.9 Å². The van der Waals surface area contributed by atoms with E-state index in [-0.39, 0.29) is 22.7 Å². The summed E-state index contributed by atoms with van der Waals surface area (Å²) in [6, 6.07) is 9.96. The van der Waals surface area contributed by atoms with Crippen LogP contribution in [0.25, 0.3) is 0 Å². The van der Waals surface area contributed by atoms with Crippen molar-refractivity contribution >= 4 is 27.6 Å². The summed E-state index contributed by atoms with van der Waals surface area (Å²) < 4.78 is 6.01. The highest BCUT2D eigenvalue weighted by molar-refractivity contribution is 9.10. The average molecular weight is 338 g/mol. The molecular weight excluding hydrogens is 330 g/mol. The van der Waals surface area contributed by atoms with Crippen molar-refractivity contribution in [3.05, 3.63) is 62.6 Å². The third-order valence-corrected chi connectivity index (χ3v) is 3.09. The van der Waals surface area contributed by atoms with Gasteiger partial charge in [0.1, 0.15) is 11.5 Å². The molecule has 0 aromatic heterocycles. The maximum atomic E-state index is 10.9. The van der Waals surface area contributed by atoms with Gasteiger partial charge in [-0.25, -0.2) is 4.79 Å². The highest BCUT2D eigenvalue weighted by Gasteiger charge is 2.12. The topological polar surface area (TPSA) is 89.7 Å². The number of non-ortho nitro benzene ring substituents is 1.